The van der Waals surface area contributed by atoms with Crippen molar-refractivity contribution in [1.82, 2.24) is 0 Å². The fourth-order valence-corrected chi connectivity index (χ4v) is 0.920. The SMILES string of the molecule is CCC(C=NCC(C)C)CC.CCCC.CCCC.CCCC.[Sn]. The Balaban J connectivity index is -0.0000000772. The van der Waals surface area contributed by atoms with E-state index < -0.39 is 0 Å². The van der Waals surface area contributed by atoms with Crippen LogP contribution in [0.5, 0.6) is 0 Å². The topological polar surface area (TPSA) is 12.4 Å². The third kappa shape index (κ3) is 57.1. The summed E-state index contributed by atoms with van der Waals surface area (Å²) < 4.78 is 0. The molecule has 24 heavy (non-hydrogen) atoms. The maximum absolute atomic E-state index is 4.39. The first-order chi connectivity index (χ1) is 10.9. The molecule has 0 aromatic carbocycles. The van der Waals surface area contributed by atoms with Crippen molar-refractivity contribution < 1.29 is 0 Å². The van der Waals surface area contributed by atoms with Crippen LogP contribution in [-0.2, 0) is 0 Å². The molecule has 0 N–H and O–H groups in total. The van der Waals surface area contributed by atoms with Crippen LogP contribution >= 0.6 is 0 Å². The van der Waals surface area contributed by atoms with E-state index in [1.165, 1.54) is 51.4 Å². The second-order valence-corrected chi connectivity index (χ2v) is 6.48. The number of aliphatic imine (C=N–C) groups is 1. The maximum Gasteiger partial charge on any atom is 0.0408 e. The molecule has 1 nitrogen and oxygen atoms in total. The van der Waals surface area contributed by atoms with E-state index in [-0.39, 0.29) is 23.9 Å². The van der Waals surface area contributed by atoms with Gasteiger partial charge in [0.25, 0.3) is 0 Å². The van der Waals surface area contributed by atoms with E-state index in [2.05, 4.69) is 80.4 Å². The van der Waals surface area contributed by atoms with E-state index >= 15 is 0 Å². The zero-order chi connectivity index (χ0) is 18.9. The Morgan fingerprint density at radius 2 is 0.917 bits per heavy atom. The molecule has 0 bridgehead atoms. The van der Waals surface area contributed by atoms with Gasteiger partial charge in [0.15, 0.2) is 0 Å². The minimum absolute atomic E-state index is 0. The Morgan fingerprint density at radius 1 is 0.625 bits per heavy atom. The second kappa shape index (κ2) is 38.8. The summed E-state index contributed by atoms with van der Waals surface area (Å²) in [6, 6.07) is 0. The zero-order valence-electron chi connectivity index (χ0n) is 19.0. The molecular weight excluding hydrogens is 397 g/mol. The zero-order valence-corrected chi connectivity index (χ0v) is 21.9. The first kappa shape index (κ1) is 35.6. The van der Waals surface area contributed by atoms with Gasteiger partial charge in [-0.25, -0.2) is 0 Å². The average molecular weight is 448 g/mol. The largest absolute Gasteiger partial charge is 0.297 e. The minimum Gasteiger partial charge on any atom is -0.297 e. The van der Waals surface area contributed by atoms with E-state index in [9.17, 15) is 0 Å². The molecule has 148 valence electrons. The van der Waals surface area contributed by atoms with Gasteiger partial charge in [-0.2, -0.15) is 0 Å². The normalized spacial score (nSPS) is 9.33. The van der Waals surface area contributed by atoms with Gasteiger partial charge in [0.05, 0.1) is 0 Å². The van der Waals surface area contributed by atoms with Gasteiger partial charge in [-0.3, -0.25) is 4.99 Å². The van der Waals surface area contributed by atoms with Gasteiger partial charge in [0.1, 0.15) is 0 Å². The summed E-state index contributed by atoms with van der Waals surface area (Å²) in [5, 5.41) is 0. The summed E-state index contributed by atoms with van der Waals surface area (Å²) in [4.78, 5) is 4.39. The van der Waals surface area contributed by atoms with Crippen molar-refractivity contribution in [2.75, 3.05) is 6.54 Å². The van der Waals surface area contributed by atoms with Crippen LogP contribution in [0.15, 0.2) is 4.99 Å². The van der Waals surface area contributed by atoms with Gasteiger partial charge in [-0.05, 0) is 24.7 Å². The van der Waals surface area contributed by atoms with Crippen molar-refractivity contribution in [2.45, 2.75) is 121 Å². The number of hydrogen-bond acceptors (Lipinski definition) is 1. The summed E-state index contributed by atoms with van der Waals surface area (Å²) in [5.41, 5.74) is 0. The summed E-state index contributed by atoms with van der Waals surface area (Å²) >= 11 is 0. The number of nitrogens with zero attached hydrogens (tertiary/aromatic N) is 1. The molecule has 0 unspecified atom stereocenters. The predicted molar refractivity (Wildman–Crippen MR) is 120 cm³/mol. The van der Waals surface area contributed by atoms with Crippen LogP contribution in [0.1, 0.15) is 121 Å². The molecule has 0 heterocycles. The quantitative estimate of drug-likeness (QED) is 0.262. The van der Waals surface area contributed by atoms with E-state index in [0.717, 1.165) is 6.54 Å². The number of unbranched alkanes of at least 4 members (excludes halogenated alkanes) is 3. The summed E-state index contributed by atoms with van der Waals surface area (Å²) in [7, 11) is 0. The van der Waals surface area contributed by atoms with Crippen LogP contribution in [-0.4, -0.2) is 36.7 Å². The van der Waals surface area contributed by atoms with Crippen molar-refractivity contribution in [3.63, 3.8) is 0 Å². The fourth-order valence-electron chi connectivity index (χ4n) is 0.920. The molecule has 0 aliphatic rings. The Hall–Kier alpha value is 0.469. The number of hydrogen-bond donors (Lipinski definition) is 0. The molecule has 0 atom stereocenters. The molecular formula is C22H51NSn. The minimum atomic E-state index is 0. The van der Waals surface area contributed by atoms with Crippen LogP contribution in [0.3, 0.4) is 0 Å². The van der Waals surface area contributed by atoms with Crippen LogP contribution in [0.2, 0.25) is 0 Å². The van der Waals surface area contributed by atoms with Gasteiger partial charge < -0.3 is 0 Å². The molecule has 0 fully saturated rings. The van der Waals surface area contributed by atoms with Gasteiger partial charge in [0, 0.05) is 36.7 Å². The standard InChI is InChI=1S/C10H21N.3C4H10.Sn/c1-5-10(6-2)8-11-7-9(3)4;3*1-3-4-2;/h8-10H,5-7H2,1-4H3;3*3-4H2,1-2H3;. The fraction of sp³-hybridized carbons (Fsp3) is 0.955. The van der Waals surface area contributed by atoms with Crippen LogP contribution in [0.4, 0.5) is 0 Å². The molecule has 0 aliphatic carbocycles. The summed E-state index contributed by atoms with van der Waals surface area (Å²) in [6.45, 7) is 22.9. The maximum atomic E-state index is 4.39. The van der Waals surface area contributed by atoms with Crippen molar-refractivity contribution in [3.05, 3.63) is 0 Å². The van der Waals surface area contributed by atoms with Crippen molar-refractivity contribution >= 4 is 30.1 Å². The molecule has 0 spiro atoms. The average Bonchev–Trinajstić information content (AvgIpc) is 2.59. The molecule has 0 saturated carbocycles. The summed E-state index contributed by atoms with van der Waals surface area (Å²) in [6.07, 6.45) is 12.5. The molecule has 2 heteroatoms. The Bertz CT molecular complexity index is 159. The van der Waals surface area contributed by atoms with Gasteiger partial charge in [-0.15, -0.1) is 0 Å². The van der Waals surface area contributed by atoms with Crippen molar-refractivity contribution in [3.8, 4) is 0 Å². The van der Waals surface area contributed by atoms with Crippen LogP contribution < -0.4 is 0 Å². The van der Waals surface area contributed by atoms with E-state index in [1.54, 1.807) is 0 Å². The first-order valence-electron chi connectivity index (χ1n) is 10.4. The molecule has 0 aliphatic heterocycles. The van der Waals surface area contributed by atoms with Gasteiger partial charge in [0.2, 0.25) is 0 Å². The Kier molecular flexibility index (Phi) is 57.5. The predicted octanol–water partition coefficient (Wildman–Crippen LogP) is 8.19. The van der Waals surface area contributed by atoms with Crippen LogP contribution in [0, 0.1) is 11.8 Å². The van der Waals surface area contributed by atoms with Crippen molar-refractivity contribution in [1.29, 1.82) is 0 Å². The Morgan fingerprint density at radius 3 is 1.08 bits per heavy atom. The van der Waals surface area contributed by atoms with E-state index in [0.29, 0.717) is 11.8 Å². The van der Waals surface area contributed by atoms with Gasteiger partial charge in [-0.1, -0.05) is 108 Å². The molecule has 0 saturated heterocycles. The van der Waals surface area contributed by atoms with E-state index in [4.69, 9.17) is 0 Å². The third-order valence-electron chi connectivity index (χ3n) is 3.34. The monoisotopic (exact) mass is 449 g/mol. The van der Waals surface area contributed by atoms with Gasteiger partial charge >= 0.3 is 0 Å². The molecule has 0 aromatic heterocycles. The third-order valence-corrected chi connectivity index (χ3v) is 3.34. The molecule has 0 rings (SSSR count). The smallest absolute Gasteiger partial charge is 0.0408 e. The second-order valence-electron chi connectivity index (χ2n) is 6.48. The number of rotatable bonds is 8. The van der Waals surface area contributed by atoms with Crippen molar-refractivity contribution in [2.24, 2.45) is 16.8 Å². The molecule has 4 radical (unpaired) electrons. The molecule has 0 aromatic rings. The first-order valence-corrected chi connectivity index (χ1v) is 10.4. The Labute approximate surface area is 173 Å². The molecule has 0 amide bonds. The van der Waals surface area contributed by atoms with E-state index in [1.807, 2.05) is 0 Å². The van der Waals surface area contributed by atoms with Crippen LogP contribution in [0.25, 0.3) is 0 Å². The summed E-state index contributed by atoms with van der Waals surface area (Å²) in [5.74, 6) is 1.40.